The number of hydrogen-bond donors (Lipinski definition) is 2. The van der Waals surface area contributed by atoms with E-state index in [0.717, 1.165) is 35.2 Å². The fourth-order valence-electron chi connectivity index (χ4n) is 4.65. The van der Waals surface area contributed by atoms with E-state index in [0.29, 0.717) is 18.1 Å². The van der Waals surface area contributed by atoms with Crippen LogP contribution in [-0.2, 0) is 4.79 Å². The van der Waals surface area contributed by atoms with Gasteiger partial charge in [-0.1, -0.05) is 18.1 Å². The first-order chi connectivity index (χ1) is 17.5. The maximum absolute atomic E-state index is 13.9. The fraction of sp³-hybridized carbons (Fsp3) is 0.185. The first kappa shape index (κ1) is 23.1. The third kappa shape index (κ3) is 4.14. The van der Waals surface area contributed by atoms with E-state index < -0.39 is 11.7 Å². The molecule has 1 saturated heterocycles. The van der Waals surface area contributed by atoms with Crippen molar-refractivity contribution in [1.29, 1.82) is 0 Å². The molecule has 3 N–H and O–H groups in total. The molecule has 1 unspecified atom stereocenters. The summed E-state index contributed by atoms with van der Waals surface area (Å²) >= 11 is 0. The van der Waals surface area contributed by atoms with E-state index in [1.807, 2.05) is 16.5 Å². The second-order valence-electron chi connectivity index (χ2n) is 8.41. The van der Waals surface area contributed by atoms with Crippen LogP contribution < -0.4 is 11.1 Å². The number of benzene rings is 1. The highest BCUT2D eigenvalue weighted by Crippen LogP contribution is 2.39. The van der Waals surface area contributed by atoms with Gasteiger partial charge in [0, 0.05) is 30.1 Å². The van der Waals surface area contributed by atoms with E-state index in [1.165, 1.54) is 18.3 Å². The number of aromatic nitrogens is 3. The molecule has 8 nitrogen and oxygen atoms in total. The molecule has 9 heteroatoms. The van der Waals surface area contributed by atoms with Crippen molar-refractivity contribution in [2.45, 2.75) is 25.8 Å². The van der Waals surface area contributed by atoms with Crippen LogP contribution in [0.2, 0.25) is 0 Å². The van der Waals surface area contributed by atoms with Crippen molar-refractivity contribution < 1.29 is 14.0 Å². The van der Waals surface area contributed by atoms with Crippen molar-refractivity contribution in [1.82, 2.24) is 19.3 Å². The minimum absolute atomic E-state index is 0.123. The second-order valence-corrected chi connectivity index (χ2v) is 8.41. The zero-order valence-corrected chi connectivity index (χ0v) is 19.5. The number of fused-ring (bicyclic) bond motifs is 1. The Morgan fingerprint density at radius 3 is 2.69 bits per heavy atom. The van der Waals surface area contributed by atoms with Gasteiger partial charge in [-0.2, -0.15) is 0 Å². The van der Waals surface area contributed by atoms with Crippen molar-refractivity contribution in [2.24, 2.45) is 0 Å². The molecule has 1 atom stereocenters. The van der Waals surface area contributed by atoms with Gasteiger partial charge >= 0.3 is 0 Å². The zero-order valence-electron chi connectivity index (χ0n) is 19.5. The lowest BCUT2D eigenvalue weighted by atomic mass is 10.0. The summed E-state index contributed by atoms with van der Waals surface area (Å²) in [6.45, 7) is 2.30. The number of likely N-dealkylation sites (tertiary alicyclic amines) is 1. The third-order valence-electron chi connectivity index (χ3n) is 6.28. The molecule has 2 amide bonds. The van der Waals surface area contributed by atoms with Crippen molar-refractivity contribution in [3.8, 4) is 23.1 Å². The average molecular weight is 483 g/mol. The molecule has 4 aromatic rings. The van der Waals surface area contributed by atoms with Gasteiger partial charge < -0.3 is 16.0 Å². The Kier molecular flexibility index (Phi) is 6.09. The quantitative estimate of drug-likeness (QED) is 0.427. The van der Waals surface area contributed by atoms with E-state index in [4.69, 9.17) is 5.73 Å². The second kappa shape index (κ2) is 9.50. The van der Waals surface area contributed by atoms with Gasteiger partial charge in [0.15, 0.2) is 11.6 Å². The largest absolute Gasteiger partial charge is 0.369 e. The summed E-state index contributed by atoms with van der Waals surface area (Å²) in [5, 5.41) is 2.48. The monoisotopic (exact) mass is 482 g/mol. The van der Waals surface area contributed by atoms with Crippen molar-refractivity contribution >= 4 is 29.1 Å². The molecule has 5 rings (SSSR count). The van der Waals surface area contributed by atoms with Crippen LogP contribution >= 0.6 is 0 Å². The predicted octanol–water partition coefficient (Wildman–Crippen LogP) is 4.06. The van der Waals surface area contributed by atoms with Crippen molar-refractivity contribution in [2.75, 3.05) is 17.6 Å². The number of pyridine rings is 1. The normalized spacial score (nSPS) is 14.9. The lowest BCUT2D eigenvalue weighted by molar-refractivity contribution is -0.125. The van der Waals surface area contributed by atoms with Crippen molar-refractivity contribution in [3.63, 3.8) is 0 Å². The molecule has 4 heterocycles. The van der Waals surface area contributed by atoms with Gasteiger partial charge in [-0.25, -0.2) is 14.4 Å². The first-order valence-electron chi connectivity index (χ1n) is 11.5. The summed E-state index contributed by atoms with van der Waals surface area (Å²) in [5.41, 5.74) is 10.0. The number of anilines is 2. The molecule has 0 aliphatic carbocycles. The van der Waals surface area contributed by atoms with Gasteiger partial charge in [0.05, 0.1) is 17.3 Å². The van der Waals surface area contributed by atoms with Gasteiger partial charge in [0.25, 0.3) is 11.8 Å². The van der Waals surface area contributed by atoms with Gasteiger partial charge in [-0.3, -0.25) is 14.0 Å². The summed E-state index contributed by atoms with van der Waals surface area (Å²) in [5.74, 6) is 4.25. The Labute approximate surface area is 207 Å². The minimum atomic E-state index is -0.609. The van der Waals surface area contributed by atoms with Crippen LogP contribution in [0.5, 0.6) is 0 Å². The number of rotatable bonds is 4. The molecule has 0 radical (unpaired) electrons. The number of carbonyl (C=O) groups is 2. The Bertz CT molecular complexity index is 1530. The molecular formula is C27H23FN6O2. The smallest absolute Gasteiger partial charge is 0.298 e. The lowest BCUT2D eigenvalue weighted by Gasteiger charge is -2.22. The first-order valence-corrected chi connectivity index (χ1v) is 11.5. The number of hydrogen-bond acceptors (Lipinski definition) is 5. The Morgan fingerprint density at radius 2 is 1.94 bits per heavy atom. The molecule has 1 fully saturated rings. The van der Waals surface area contributed by atoms with Crippen LogP contribution in [0.1, 0.15) is 41.7 Å². The SMILES string of the molecule is CC#CC(=O)N1CCCC1c1cc(-c2ccc(C(=O)Nc3ncccc3F)cc2)n2c(N)nccc12. The number of nitrogens with zero attached hydrogens (tertiary/aromatic N) is 4. The number of nitrogen functional groups attached to an aromatic ring is 1. The van der Waals surface area contributed by atoms with Gasteiger partial charge in [-0.15, -0.1) is 0 Å². The van der Waals surface area contributed by atoms with Crippen LogP contribution in [0.3, 0.4) is 0 Å². The highest BCUT2D eigenvalue weighted by molar-refractivity contribution is 6.04. The molecular weight excluding hydrogens is 459 g/mol. The van der Waals surface area contributed by atoms with Crippen molar-refractivity contribution in [3.05, 3.63) is 77.9 Å². The van der Waals surface area contributed by atoms with E-state index in [1.54, 1.807) is 42.3 Å². The van der Waals surface area contributed by atoms with Crippen LogP contribution in [-0.4, -0.2) is 37.6 Å². The van der Waals surface area contributed by atoms with Crippen LogP contribution in [0.25, 0.3) is 16.8 Å². The Hall–Kier alpha value is -4.71. The fourth-order valence-corrected chi connectivity index (χ4v) is 4.65. The van der Waals surface area contributed by atoms with Crippen LogP contribution in [0.15, 0.2) is 60.9 Å². The summed E-state index contributed by atoms with van der Waals surface area (Å²) in [6, 6.07) is 13.3. The van der Waals surface area contributed by atoms with Gasteiger partial charge in [0.2, 0.25) is 5.95 Å². The molecule has 1 aromatic carbocycles. The molecule has 0 spiro atoms. The molecule has 1 aliphatic rings. The van der Waals surface area contributed by atoms with E-state index >= 15 is 0 Å². The summed E-state index contributed by atoms with van der Waals surface area (Å²) in [7, 11) is 0. The van der Waals surface area contributed by atoms with E-state index in [9.17, 15) is 14.0 Å². The highest BCUT2D eigenvalue weighted by atomic mass is 19.1. The van der Waals surface area contributed by atoms with Gasteiger partial charge in [-0.05, 0) is 67.6 Å². The molecule has 1 aliphatic heterocycles. The summed E-state index contributed by atoms with van der Waals surface area (Å²) < 4.78 is 15.7. The van der Waals surface area contributed by atoms with Crippen LogP contribution in [0.4, 0.5) is 16.2 Å². The molecule has 0 saturated carbocycles. The number of nitrogens with one attached hydrogen (secondary N) is 1. The maximum Gasteiger partial charge on any atom is 0.298 e. The number of amides is 2. The Balaban J connectivity index is 1.50. The number of nitrogens with two attached hydrogens (primary N) is 1. The number of halogens is 1. The Morgan fingerprint density at radius 1 is 1.14 bits per heavy atom. The molecule has 3 aromatic heterocycles. The highest BCUT2D eigenvalue weighted by Gasteiger charge is 2.32. The lowest BCUT2D eigenvalue weighted by Crippen LogP contribution is -2.29. The zero-order chi connectivity index (χ0) is 25.2. The topological polar surface area (TPSA) is 106 Å². The predicted molar refractivity (Wildman–Crippen MR) is 134 cm³/mol. The van der Waals surface area contributed by atoms with Gasteiger partial charge in [0.1, 0.15) is 0 Å². The third-order valence-corrected chi connectivity index (χ3v) is 6.28. The average Bonchev–Trinajstić information content (AvgIpc) is 3.51. The molecule has 0 bridgehead atoms. The summed E-state index contributed by atoms with van der Waals surface area (Å²) in [4.78, 5) is 35.1. The standard InChI is InChI=1S/C27H23FN6O2/c1-2-5-24(35)33-15-4-7-21(33)19-16-23(34-22(19)12-14-31-27(34)29)17-8-10-18(11-9-17)26(36)32-25-20(28)6-3-13-30-25/h3,6,8-14,16,21H,4,7,15H2,1H3,(H2,29,31)(H,30,32,36). The minimum Gasteiger partial charge on any atom is -0.369 e. The molecule has 180 valence electrons. The molecule has 36 heavy (non-hydrogen) atoms. The van der Waals surface area contributed by atoms with E-state index in [-0.39, 0.29) is 17.8 Å². The van der Waals surface area contributed by atoms with E-state index in [2.05, 4.69) is 27.1 Å². The number of carbonyl (C=O) groups excluding carboxylic acids is 2. The summed E-state index contributed by atoms with van der Waals surface area (Å²) in [6.07, 6.45) is 4.76. The maximum atomic E-state index is 13.9. The van der Waals surface area contributed by atoms with Crippen LogP contribution in [0, 0.1) is 17.7 Å².